The largest absolute Gasteiger partial charge is 0.439 e. The molecule has 0 spiro atoms. The van der Waals surface area contributed by atoms with E-state index in [1.165, 1.54) is 5.56 Å². The second kappa shape index (κ2) is 12.9. The first-order chi connectivity index (χ1) is 17.7. The second-order valence-corrected chi connectivity index (χ2v) is 8.92. The molecule has 4 rings (SSSR count). The summed E-state index contributed by atoms with van der Waals surface area (Å²) in [5.41, 5.74) is 4.18. The standard InChI is InChI=1S/C31H35N3O2/c1-3-5-19-27(35)23-33(22-25-15-9-6-10-16-25)24-29-30(4-2)32-34(26-17-11-7-12-18-26)31(29)36-28-20-13-8-14-21-28/h3,6-18,20-21,27,35H,1,4-5,19,22-24H2,2H3. The van der Waals surface area contributed by atoms with E-state index in [-0.39, 0.29) is 0 Å². The van der Waals surface area contributed by atoms with Crippen LogP contribution in [0.4, 0.5) is 0 Å². The van der Waals surface area contributed by atoms with E-state index in [0.717, 1.165) is 42.1 Å². The SMILES string of the molecule is C=CCCC(O)CN(Cc1ccccc1)Cc1c(CC)nn(-c2ccccc2)c1Oc1ccccc1. The number of ether oxygens (including phenoxy) is 1. The molecule has 4 aromatic rings. The lowest BCUT2D eigenvalue weighted by atomic mass is 10.1. The van der Waals surface area contributed by atoms with Gasteiger partial charge in [0.2, 0.25) is 5.88 Å². The molecule has 0 aliphatic rings. The number of aryl methyl sites for hydroxylation is 1. The summed E-state index contributed by atoms with van der Waals surface area (Å²) in [6.45, 7) is 7.80. The first-order valence-electron chi connectivity index (χ1n) is 12.6. The van der Waals surface area contributed by atoms with Crippen LogP contribution in [-0.4, -0.2) is 32.4 Å². The van der Waals surface area contributed by atoms with Gasteiger partial charge in [-0.25, -0.2) is 4.68 Å². The van der Waals surface area contributed by atoms with Crippen LogP contribution >= 0.6 is 0 Å². The fourth-order valence-corrected chi connectivity index (χ4v) is 4.32. The average molecular weight is 482 g/mol. The van der Waals surface area contributed by atoms with Crippen LogP contribution in [0.15, 0.2) is 104 Å². The van der Waals surface area contributed by atoms with Crippen molar-refractivity contribution < 1.29 is 9.84 Å². The number of benzene rings is 3. The summed E-state index contributed by atoms with van der Waals surface area (Å²) < 4.78 is 8.40. The normalized spacial score (nSPS) is 12.0. The highest BCUT2D eigenvalue weighted by Crippen LogP contribution is 2.32. The molecule has 36 heavy (non-hydrogen) atoms. The van der Waals surface area contributed by atoms with Crippen LogP contribution in [0.5, 0.6) is 11.6 Å². The number of para-hydroxylation sites is 2. The zero-order chi connectivity index (χ0) is 25.2. The highest BCUT2D eigenvalue weighted by atomic mass is 16.5. The smallest absolute Gasteiger partial charge is 0.227 e. The van der Waals surface area contributed by atoms with Crippen LogP contribution < -0.4 is 4.74 Å². The van der Waals surface area contributed by atoms with Crippen molar-refractivity contribution in [3.8, 4) is 17.3 Å². The maximum atomic E-state index is 10.8. The minimum Gasteiger partial charge on any atom is -0.439 e. The van der Waals surface area contributed by atoms with E-state index in [9.17, 15) is 5.11 Å². The van der Waals surface area contributed by atoms with Crippen molar-refractivity contribution in [2.45, 2.75) is 45.4 Å². The third-order valence-corrected chi connectivity index (χ3v) is 6.12. The number of hydrogen-bond donors (Lipinski definition) is 1. The number of rotatable bonds is 13. The Morgan fingerprint density at radius 3 is 2.22 bits per heavy atom. The maximum absolute atomic E-state index is 10.8. The van der Waals surface area contributed by atoms with Gasteiger partial charge in [0.1, 0.15) is 5.75 Å². The van der Waals surface area contributed by atoms with Gasteiger partial charge >= 0.3 is 0 Å². The van der Waals surface area contributed by atoms with Crippen LogP contribution in [0.25, 0.3) is 5.69 Å². The van der Waals surface area contributed by atoms with Crippen molar-refractivity contribution in [1.29, 1.82) is 0 Å². The average Bonchev–Trinajstić information content (AvgIpc) is 3.25. The molecular formula is C31H35N3O2. The molecule has 5 nitrogen and oxygen atoms in total. The predicted octanol–water partition coefficient (Wildman–Crippen LogP) is 6.56. The zero-order valence-corrected chi connectivity index (χ0v) is 21.0. The summed E-state index contributed by atoms with van der Waals surface area (Å²) in [5, 5.41) is 15.8. The van der Waals surface area contributed by atoms with Crippen molar-refractivity contribution in [2.75, 3.05) is 6.54 Å². The van der Waals surface area contributed by atoms with Crippen LogP contribution in [0.3, 0.4) is 0 Å². The van der Waals surface area contributed by atoms with E-state index < -0.39 is 6.10 Å². The monoisotopic (exact) mass is 481 g/mol. The Morgan fingerprint density at radius 2 is 1.58 bits per heavy atom. The molecule has 1 aromatic heterocycles. The summed E-state index contributed by atoms with van der Waals surface area (Å²) in [7, 11) is 0. The van der Waals surface area contributed by atoms with Crippen molar-refractivity contribution >= 4 is 0 Å². The molecule has 3 aromatic carbocycles. The minimum absolute atomic E-state index is 0.445. The van der Waals surface area contributed by atoms with E-state index in [4.69, 9.17) is 9.84 Å². The molecule has 0 aliphatic carbocycles. The van der Waals surface area contributed by atoms with Gasteiger partial charge < -0.3 is 9.84 Å². The molecular weight excluding hydrogens is 446 g/mol. The van der Waals surface area contributed by atoms with Gasteiger partial charge in [-0.3, -0.25) is 4.90 Å². The highest BCUT2D eigenvalue weighted by Gasteiger charge is 2.23. The van der Waals surface area contributed by atoms with E-state index in [0.29, 0.717) is 25.4 Å². The molecule has 0 saturated carbocycles. The van der Waals surface area contributed by atoms with Crippen molar-refractivity contribution in [3.05, 3.63) is 120 Å². The van der Waals surface area contributed by atoms with Crippen LogP contribution in [0.2, 0.25) is 0 Å². The van der Waals surface area contributed by atoms with E-state index in [2.05, 4.69) is 42.7 Å². The summed E-state index contributed by atoms with van der Waals surface area (Å²) in [4.78, 5) is 2.28. The van der Waals surface area contributed by atoms with Gasteiger partial charge in [0.25, 0.3) is 0 Å². The van der Waals surface area contributed by atoms with Gasteiger partial charge in [-0.2, -0.15) is 5.10 Å². The third kappa shape index (κ3) is 6.72. The summed E-state index contributed by atoms with van der Waals surface area (Å²) in [6, 6.07) is 30.3. The van der Waals surface area contributed by atoms with Gasteiger partial charge in [-0.1, -0.05) is 79.7 Å². The van der Waals surface area contributed by atoms with E-state index in [1.54, 1.807) is 0 Å². The van der Waals surface area contributed by atoms with Crippen molar-refractivity contribution in [3.63, 3.8) is 0 Å². The van der Waals surface area contributed by atoms with Crippen LogP contribution in [-0.2, 0) is 19.5 Å². The Labute approximate surface area is 214 Å². The molecule has 1 atom stereocenters. The Balaban J connectivity index is 1.72. The van der Waals surface area contributed by atoms with Crippen LogP contribution in [0.1, 0.15) is 36.6 Å². The number of nitrogens with zero attached hydrogens (tertiary/aromatic N) is 3. The molecule has 0 radical (unpaired) electrons. The Hall–Kier alpha value is -3.67. The van der Waals surface area contributed by atoms with Gasteiger partial charge in [-0.15, -0.1) is 6.58 Å². The molecule has 1 unspecified atom stereocenters. The highest BCUT2D eigenvalue weighted by molar-refractivity contribution is 5.43. The number of allylic oxidation sites excluding steroid dienone is 1. The topological polar surface area (TPSA) is 50.5 Å². The number of aliphatic hydroxyl groups is 1. The van der Waals surface area contributed by atoms with Gasteiger partial charge in [0.15, 0.2) is 0 Å². The minimum atomic E-state index is -0.445. The zero-order valence-electron chi connectivity index (χ0n) is 21.0. The molecule has 186 valence electrons. The van der Waals surface area contributed by atoms with Gasteiger partial charge in [-0.05, 0) is 49.1 Å². The molecule has 5 heteroatoms. The molecule has 1 N–H and O–H groups in total. The lowest BCUT2D eigenvalue weighted by Crippen LogP contribution is -2.32. The molecule has 0 bridgehead atoms. The van der Waals surface area contributed by atoms with Crippen LogP contribution in [0, 0.1) is 0 Å². The summed E-state index contributed by atoms with van der Waals surface area (Å²) in [5.74, 6) is 1.47. The lowest BCUT2D eigenvalue weighted by Gasteiger charge is -2.26. The van der Waals surface area contributed by atoms with Gasteiger partial charge in [0, 0.05) is 19.6 Å². The molecule has 0 fully saturated rings. The number of aromatic nitrogens is 2. The lowest BCUT2D eigenvalue weighted by molar-refractivity contribution is 0.0978. The molecule has 0 saturated heterocycles. The number of aliphatic hydroxyl groups excluding tert-OH is 1. The third-order valence-electron chi connectivity index (χ3n) is 6.12. The predicted molar refractivity (Wildman–Crippen MR) is 145 cm³/mol. The quantitative estimate of drug-likeness (QED) is 0.220. The maximum Gasteiger partial charge on any atom is 0.227 e. The Bertz CT molecular complexity index is 1210. The fourth-order valence-electron chi connectivity index (χ4n) is 4.32. The second-order valence-electron chi connectivity index (χ2n) is 8.92. The van der Waals surface area contributed by atoms with Crippen molar-refractivity contribution in [1.82, 2.24) is 14.7 Å². The summed E-state index contributed by atoms with van der Waals surface area (Å²) >= 11 is 0. The van der Waals surface area contributed by atoms with E-state index in [1.807, 2.05) is 77.5 Å². The van der Waals surface area contributed by atoms with Gasteiger partial charge in [0.05, 0.1) is 23.0 Å². The van der Waals surface area contributed by atoms with Crippen molar-refractivity contribution in [2.24, 2.45) is 0 Å². The first kappa shape index (κ1) is 25.4. The molecule has 0 aliphatic heterocycles. The first-order valence-corrected chi connectivity index (χ1v) is 12.6. The number of hydrogen-bond acceptors (Lipinski definition) is 4. The Kier molecular flexibility index (Phi) is 9.09. The summed E-state index contributed by atoms with van der Waals surface area (Å²) in [6.07, 6.45) is 3.66. The molecule has 0 amide bonds. The fraction of sp³-hybridized carbons (Fsp3) is 0.258. The molecule has 1 heterocycles. The Morgan fingerprint density at radius 1 is 0.944 bits per heavy atom. The van der Waals surface area contributed by atoms with E-state index >= 15 is 0 Å².